The molecule has 1 unspecified atom stereocenters. The SMILES string of the molecule is CC(NC(=O)C1(C#N)CCOCC1)c1ccc(Cl)cc1. The van der Waals surface area contributed by atoms with E-state index < -0.39 is 5.41 Å². The van der Waals surface area contributed by atoms with Crippen LogP contribution in [0.25, 0.3) is 0 Å². The second-order valence-electron chi connectivity index (χ2n) is 5.05. The average molecular weight is 293 g/mol. The zero-order valence-electron chi connectivity index (χ0n) is 11.4. The van der Waals surface area contributed by atoms with E-state index in [4.69, 9.17) is 16.3 Å². The summed E-state index contributed by atoms with van der Waals surface area (Å²) in [7, 11) is 0. The van der Waals surface area contributed by atoms with Crippen molar-refractivity contribution < 1.29 is 9.53 Å². The zero-order chi connectivity index (χ0) is 14.6. The first-order chi connectivity index (χ1) is 9.57. The van der Waals surface area contributed by atoms with Gasteiger partial charge in [-0.05, 0) is 37.5 Å². The van der Waals surface area contributed by atoms with Gasteiger partial charge >= 0.3 is 0 Å². The zero-order valence-corrected chi connectivity index (χ0v) is 12.1. The molecule has 1 amide bonds. The summed E-state index contributed by atoms with van der Waals surface area (Å²) in [4.78, 5) is 12.4. The lowest BCUT2D eigenvalue weighted by molar-refractivity contribution is -0.133. The standard InChI is InChI=1S/C15H17ClN2O2/c1-11(12-2-4-13(16)5-3-12)18-14(19)15(10-17)6-8-20-9-7-15/h2-5,11H,6-9H2,1H3,(H,18,19). The van der Waals surface area contributed by atoms with Crippen LogP contribution in [0.15, 0.2) is 24.3 Å². The number of hydrogen-bond acceptors (Lipinski definition) is 3. The van der Waals surface area contributed by atoms with Crippen LogP contribution in [0.1, 0.15) is 31.4 Å². The van der Waals surface area contributed by atoms with E-state index in [0.717, 1.165) is 5.56 Å². The van der Waals surface area contributed by atoms with Crippen molar-refractivity contribution in [3.63, 3.8) is 0 Å². The quantitative estimate of drug-likeness (QED) is 0.932. The number of benzene rings is 1. The van der Waals surface area contributed by atoms with Crippen LogP contribution in [0.3, 0.4) is 0 Å². The van der Waals surface area contributed by atoms with E-state index >= 15 is 0 Å². The molecule has 1 N–H and O–H groups in total. The van der Waals surface area contributed by atoms with Crippen molar-refractivity contribution in [2.24, 2.45) is 5.41 Å². The Hall–Kier alpha value is -1.57. The smallest absolute Gasteiger partial charge is 0.241 e. The maximum Gasteiger partial charge on any atom is 0.241 e. The van der Waals surface area contributed by atoms with Crippen molar-refractivity contribution in [1.82, 2.24) is 5.32 Å². The number of rotatable bonds is 3. The fourth-order valence-corrected chi connectivity index (χ4v) is 2.41. The first kappa shape index (κ1) is 14.8. The van der Waals surface area contributed by atoms with E-state index in [2.05, 4.69) is 11.4 Å². The highest BCUT2D eigenvalue weighted by molar-refractivity contribution is 6.30. The first-order valence-electron chi connectivity index (χ1n) is 6.63. The summed E-state index contributed by atoms with van der Waals surface area (Å²) in [5.41, 5.74) is 0.00163. The Morgan fingerprint density at radius 3 is 2.55 bits per heavy atom. The van der Waals surface area contributed by atoms with Crippen LogP contribution in [-0.4, -0.2) is 19.1 Å². The Morgan fingerprint density at radius 1 is 1.40 bits per heavy atom. The summed E-state index contributed by atoms with van der Waals surface area (Å²) in [6.07, 6.45) is 0.894. The fraction of sp³-hybridized carbons (Fsp3) is 0.467. The van der Waals surface area contributed by atoms with Gasteiger partial charge in [0.15, 0.2) is 0 Å². The van der Waals surface area contributed by atoms with Crippen molar-refractivity contribution in [1.29, 1.82) is 5.26 Å². The summed E-state index contributed by atoms with van der Waals surface area (Å²) in [5, 5.41) is 12.9. The number of nitrogens with one attached hydrogen (secondary N) is 1. The van der Waals surface area contributed by atoms with Crippen molar-refractivity contribution in [3.05, 3.63) is 34.9 Å². The summed E-state index contributed by atoms with van der Waals surface area (Å²) in [6.45, 7) is 2.80. The van der Waals surface area contributed by atoms with Crippen molar-refractivity contribution in [3.8, 4) is 6.07 Å². The summed E-state index contributed by atoms with van der Waals surface area (Å²) in [5.74, 6) is -0.217. The number of halogens is 1. The summed E-state index contributed by atoms with van der Waals surface area (Å²) < 4.78 is 5.23. The Balaban J connectivity index is 2.06. The van der Waals surface area contributed by atoms with Crippen LogP contribution in [0.4, 0.5) is 0 Å². The third-order valence-corrected chi connectivity index (χ3v) is 3.96. The van der Waals surface area contributed by atoms with Gasteiger partial charge in [-0.25, -0.2) is 0 Å². The molecular weight excluding hydrogens is 276 g/mol. The minimum Gasteiger partial charge on any atom is -0.381 e. The molecule has 1 aliphatic heterocycles. The van der Waals surface area contributed by atoms with E-state index in [9.17, 15) is 10.1 Å². The molecule has 0 aliphatic carbocycles. The van der Waals surface area contributed by atoms with E-state index in [-0.39, 0.29) is 11.9 Å². The lowest BCUT2D eigenvalue weighted by Gasteiger charge is -2.30. The molecule has 1 aromatic rings. The maximum absolute atomic E-state index is 12.4. The number of carbonyl (C=O) groups is 1. The highest BCUT2D eigenvalue weighted by Crippen LogP contribution is 2.31. The highest BCUT2D eigenvalue weighted by Gasteiger charge is 2.40. The van der Waals surface area contributed by atoms with Gasteiger partial charge in [-0.2, -0.15) is 5.26 Å². The molecule has 106 valence electrons. The minimum atomic E-state index is -0.959. The van der Waals surface area contributed by atoms with Crippen LogP contribution in [0.5, 0.6) is 0 Å². The Morgan fingerprint density at radius 2 is 2.00 bits per heavy atom. The fourth-order valence-electron chi connectivity index (χ4n) is 2.28. The number of ether oxygens (including phenoxy) is 1. The third-order valence-electron chi connectivity index (χ3n) is 3.71. The van der Waals surface area contributed by atoms with Gasteiger partial charge in [-0.3, -0.25) is 4.79 Å². The molecule has 0 radical (unpaired) electrons. The molecule has 2 rings (SSSR count). The molecule has 0 bridgehead atoms. The van der Waals surface area contributed by atoms with Crippen molar-refractivity contribution in [2.75, 3.05) is 13.2 Å². The van der Waals surface area contributed by atoms with Crippen LogP contribution >= 0.6 is 11.6 Å². The Labute approximate surface area is 123 Å². The Kier molecular flexibility index (Phi) is 4.64. The molecule has 1 aromatic carbocycles. The van der Waals surface area contributed by atoms with Gasteiger partial charge in [0.25, 0.3) is 0 Å². The Bertz CT molecular complexity index is 516. The van der Waals surface area contributed by atoms with Crippen molar-refractivity contribution in [2.45, 2.75) is 25.8 Å². The molecule has 1 aliphatic rings. The molecular formula is C15H17ClN2O2. The number of nitrogens with zero attached hydrogens (tertiary/aromatic N) is 1. The molecule has 4 nitrogen and oxygen atoms in total. The topological polar surface area (TPSA) is 62.1 Å². The minimum absolute atomic E-state index is 0.159. The van der Waals surface area contributed by atoms with E-state index in [1.807, 2.05) is 19.1 Å². The molecule has 20 heavy (non-hydrogen) atoms. The summed E-state index contributed by atoms with van der Waals surface area (Å²) in [6, 6.07) is 9.32. The maximum atomic E-state index is 12.4. The number of amides is 1. The molecule has 1 fully saturated rings. The lowest BCUT2D eigenvalue weighted by Crippen LogP contribution is -2.44. The molecule has 1 saturated heterocycles. The molecule has 0 spiro atoms. The molecule has 5 heteroatoms. The molecule has 1 atom stereocenters. The monoisotopic (exact) mass is 292 g/mol. The number of carbonyl (C=O) groups excluding carboxylic acids is 1. The van der Waals surface area contributed by atoms with Gasteiger partial charge < -0.3 is 10.1 Å². The average Bonchev–Trinajstić information content (AvgIpc) is 2.48. The van der Waals surface area contributed by atoms with Crippen LogP contribution in [0.2, 0.25) is 5.02 Å². The number of nitriles is 1. The van der Waals surface area contributed by atoms with E-state index in [1.165, 1.54) is 0 Å². The van der Waals surface area contributed by atoms with Gasteiger partial charge in [0.2, 0.25) is 5.91 Å². The van der Waals surface area contributed by atoms with Gasteiger partial charge in [0, 0.05) is 18.2 Å². The third kappa shape index (κ3) is 3.12. The predicted octanol–water partition coefficient (Wildman–Crippen LogP) is 2.84. The van der Waals surface area contributed by atoms with Crippen LogP contribution in [0, 0.1) is 16.7 Å². The van der Waals surface area contributed by atoms with Gasteiger partial charge in [-0.1, -0.05) is 23.7 Å². The summed E-state index contributed by atoms with van der Waals surface area (Å²) >= 11 is 5.84. The van der Waals surface area contributed by atoms with Gasteiger partial charge in [0.1, 0.15) is 5.41 Å². The van der Waals surface area contributed by atoms with E-state index in [0.29, 0.717) is 31.1 Å². The molecule has 1 heterocycles. The predicted molar refractivity (Wildman–Crippen MR) is 76.1 cm³/mol. The second kappa shape index (κ2) is 6.25. The highest BCUT2D eigenvalue weighted by atomic mass is 35.5. The van der Waals surface area contributed by atoms with Gasteiger partial charge in [0.05, 0.1) is 12.1 Å². The van der Waals surface area contributed by atoms with Crippen molar-refractivity contribution >= 4 is 17.5 Å². The molecule has 0 saturated carbocycles. The number of hydrogen-bond donors (Lipinski definition) is 1. The van der Waals surface area contributed by atoms with E-state index in [1.54, 1.807) is 12.1 Å². The van der Waals surface area contributed by atoms with Crippen LogP contribution in [-0.2, 0) is 9.53 Å². The largest absolute Gasteiger partial charge is 0.381 e. The normalized spacial score (nSPS) is 18.9. The molecule has 0 aromatic heterocycles. The second-order valence-corrected chi connectivity index (χ2v) is 5.49. The lowest BCUT2D eigenvalue weighted by atomic mass is 9.80. The van der Waals surface area contributed by atoms with Gasteiger partial charge in [-0.15, -0.1) is 0 Å². The first-order valence-corrected chi connectivity index (χ1v) is 7.01. The van der Waals surface area contributed by atoms with Crippen LogP contribution < -0.4 is 5.32 Å².